The lowest BCUT2D eigenvalue weighted by Gasteiger charge is -2.22. The first-order valence-electron chi connectivity index (χ1n) is 6.26. The molecule has 0 saturated carbocycles. The van der Waals surface area contributed by atoms with E-state index in [0.717, 1.165) is 0 Å². The summed E-state index contributed by atoms with van der Waals surface area (Å²) in [6.07, 6.45) is 3.46. The lowest BCUT2D eigenvalue weighted by Crippen LogP contribution is -2.25. The Kier molecular flexibility index (Phi) is 6.46. The van der Waals surface area contributed by atoms with E-state index in [9.17, 15) is 9.90 Å². The summed E-state index contributed by atoms with van der Waals surface area (Å²) in [5.41, 5.74) is -0.474. The summed E-state index contributed by atoms with van der Waals surface area (Å²) in [7, 11) is 0. The minimum Gasteiger partial charge on any atom is -0.457 e. The first kappa shape index (κ1) is 16.2. The fourth-order valence-corrected chi connectivity index (χ4v) is 1.59. The molecule has 17 heavy (non-hydrogen) atoms. The molecular weight excluding hydrogens is 216 g/mol. The van der Waals surface area contributed by atoms with Gasteiger partial charge in [-0.1, -0.05) is 26.8 Å². The maximum Gasteiger partial charge on any atom is 0.330 e. The molecule has 0 spiro atoms. The second-order valence-electron chi connectivity index (χ2n) is 5.69. The second kappa shape index (κ2) is 6.80. The highest BCUT2D eigenvalue weighted by atomic mass is 16.6. The molecule has 0 unspecified atom stereocenters. The number of carbonyl (C=O) groups excluding carboxylic acids is 1. The van der Waals surface area contributed by atoms with E-state index in [1.54, 1.807) is 6.08 Å². The Morgan fingerprint density at radius 2 is 1.88 bits per heavy atom. The van der Waals surface area contributed by atoms with Gasteiger partial charge in [0.15, 0.2) is 0 Å². The van der Waals surface area contributed by atoms with Gasteiger partial charge < -0.3 is 9.84 Å². The van der Waals surface area contributed by atoms with Crippen molar-refractivity contribution in [1.82, 2.24) is 0 Å². The highest BCUT2D eigenvalue weighted by Gasteiger charge is 2.19. The third-order valence-corrected chi connectivity index (χ3v) is 2.49. The van der Waals surface area contributed by atoms with E-state index in [1.165, 1.54) is 6.08 Å². The van der Waals surface area contributed by atoms with Crippen molar-refractivity contribution in [3.05, 3.63) is 12.2 Å². The molecule has 0 amide bonds. The van der Waals surface area contributed by atoms with Crippen LogP contribution in [0.25, 0.3) is 0 Å². The van der Waals surface area contributed by atoms with E-state index in [4.69, 9.17) is 4.74 Å². The number of esters is 1. The van der Waals surface area contributed by atoms with Crippen LogP contribution in [0.2, 0.25) is 0 Å². The highest BCUT2D eigenvalue weighted by molar-refractivity contribution is 5.82. The quantitative estimate of drug-likeness (QED) is 0.595. The molecule has 0 fully saturated rings. The average Bonchev–Trinajstić information content (AvgIpc) is 2.14. The molecule has 2 atom stereocenters. The molecule has 0 aliphatic rings. The normalized spacial score (nSPS) is 16.2. The van der Waals surface area contributed by atoms with Crippen LogP contribution in [-0.4, -0.2) is 22.8 Å². The molecule has 100 valence electrons. The molecule has 0 aliphatic carbocycles. The topological polar surface area (TPSA) is 46.5 Å². The van der Waals surface area contributed by atoms with Crippen molar-refractivity contribution in [2.45, 2.75) is 59.7 Å². The molecule has 0 bridgehead atoms. The van der Waals surface area contributed by atoms with Crippen molar-refractivity contribution in [3.8, 4) is 0 Å². The van der Waals surface area contributed by atoms with Crippen LogP contribution in [0.5, 0.6) is 0 Å². The minimum atomic E-state index is -0.474. The fourth-order valence-electron chi connectivity index (χ4n) is 1.59. The van der Waals surface area contributed by atoms with Crippen molar-refractivity contribution in [1.29, 1.82) is 0 Å². The zero-order valence-corrected chi connectivity index (χ0v) is 11.9. The van der Waals surface area contributed by atoms with E-state index >= 15 is 0 Å². The van der Waals surface area contributed by atoms with Gasteiger partial charge in [-0.2, -0.15) is 0 Å². The molecule has 0 radical (unpaired) electrons. The number of hydrogen-bond acceptors (Lipinski definition) is 3. The van der Waals surface area contributed by atoms with Crippen LogP contribution in [0.4, 0.5) is 0 Å². The Morgan fingerprint density at radius 3 is 2.24 bits per heavy atom. The molecule has 1 N–H and O–H groups in total. The summed E-state index contributed by atoms with van der Waals surface area (Å²) in [5.74, 6) is -0.0670. The van der Waals surface area contributed by atoms with Crippen LogP contribution < -0.4 is 0 Å². The van der Waals surface area contributed by atoms with Crippen molar-refractivity contribution >= 4 is 5.97 Å². The van der Waals surface area contributed by atoms with E-state index in [2.05, 4.69) is 0 Å². The van der Waals surface area contributed by atoms with Gasteiger partial charge in [-0.25, -0.2) is 4.79 Å². The van der Waals surface area contributed by atoms with Crippen LogP contribution in [0.15, 0.2) is 12.2 Å². The molecule has 0 aromatic heterocycles. The average molecular weight is 242 g/mol. The smallest absolute Gasteiger partial charge is 0.330 e. The van der Waals surface area contributed by atoms with E-state index in [0.29, 0.717) is 12.3 Å². The lowest BCUT2D eigenvalue weighted by molar-refractivity contribution is -0.148. The zero-order chi connectivity index (χ0) is 13.6. The standard InChI is InChI=1S/C14H26O3/c1-7-12(15)11(10(2)3)8-9-13(16)17-14(4,5)6/h8-12,15H,7H2,1-6H3/t11-,12-/m0/s1. The van der Waals surface area contributed by atoms with Crippen LogP contribution in [0.1, 0.15) is 48.0 Å². The molecule has 0 aromatic carbocycles. The Hall–Kier alpha value is -0.830. The van der Waals surface area contributed by atoms with Gasteiger partial charge in [-0.15, -0.1) is 0 Å². The highest BCUT2D eigenvalue weighted by Crippen LogP contribution is 2.19. The minimum absolute atomic E-state index is 0.00693. The van der Waals surface area contributed by atoms with Crippen LogP contribution in [0.3, 0.4) is 0 Å². The summed E-state index contributed by atoms with van der Waals surface area (Å²) in [5, 5.41) is 9.83. The second-order valence-corrected chi connectivity index (χ2v) is 5.69. The molecular formula is C14H26O3. The van der Waals surface area contributed by atoms with Gasteiger partial charge in [0.05, 0.1) is 6.10 Å². The lowest BCUT2D eigenvalue weighted by atomic mass is 9.88. The molecule has 3 heteroatoms. The monoisotopic (exact) mass is 242 g/mol. The van der Waals surface area contributed by atoms with Gasteiger partial charge in [0.1, 0.15) is 5.60 Å². The van der Waals surface area contributed by atoms with Crippen molar-refractivity contribution in [3.63, 3.8) is 0 Å². The molecule has 0 aromatic rings. The van der Waals surface area contributed by atoms with Crippen LogP contribution in [-0.2, 0) is 9.53 Å². The van der Waals surface area contributed by atoms with Crippen molar-refractivity contribution < 1.29 is 14.6 Å². The number of rotatable bonds is 5. The van der Waals surface area contributed by atoms with Gasteiger partial charge in [-0.3, -0.25) is 0 Å². The van der Waals surface area contributed by atoms with Gasteiger partial charge in [-0.05, 0) is 33.1 Å². The number of hydrogen-bond donors (Lipinski definition) is 1. The van der Waals surface area contributed by atoms with Gasteiger partial charge in [0, 0.05) is 12.0 Å². The molecule has 0 heterocycles. The summed E-state index contributed by atoms with van der Waals surface area (Å²) in [6.45, 7) is 11.5. The zero-order valence-electron chi connectivity index (χ0n) is 11.9. The van der Waals surface area contributed by atoms with E-state index in [-0.39, 0.29) is 11.9 Å². The Morgan fingerprint density at radius 1 is 1.35 bits per heavy atom. The Balaban J connectivity index is 4.50. The summed E-state index contributed by atoms with van der Waals surface area (Å²) < 4.78 is 5.17. The van der Waals surface area contributed by atoms with Gasteiger partial charge in [0.25, 0.3) is 0 Å². The Labute approximate surface area is 105 Å². The Bertz CT molecular complexity index is 261. The molecule has 0 saturated heterocycles. The molecule has 3 nitrogen and oxygen atoms in total. The number of aliphatic hydroxyl groups is 1. The SMILES string of the molecule is CC[C@H](O)[C@@H](C=CC(=O)OC(C)(C)C)C(C)C. The number of aliphatic hydroxyl groups excluding tert-OH is 1. The van der Waals surface area contributed by atoms with Gasteiger partial charge >= 0.3 is 5.97 Å². The van der Waals surface area contributed by atoms with Crippen molar-refractivity contribution in [2.75, 3.05) is 0 Å². The predicted octanol–water partition coefficient (Wildman–Crippen LogP) is 2.93. The number of ether oxygens (including phenoxy) is 1. The van der Waals surface area contributed by atoms with E-state index in [1.807, 2.05) is 41.5 Å². The fraction of sp³-hybridized carbons (Fsp3) is 0.786. The summed E-state index contributed by atoms with van der Waals surface area (Å²) in [4.78, 5) is 11.5. The first-order chi connectivity index (χ1) is 7.67. The maximum atomic E-state index is 11.5. The molecule has 0 rings (SSSR count). The third kappa shape index (κ3) is 7.16. The summed E-state index contributed by atoms with van der Waals surface area (Å²) in [6, 6.07) is 0. The van der Waals surface area contributed by atoms with Crippen molar-refractivity contribution in [2.24, 2.45) is 11.8 Å². The third-order valence-electron chi connectivity index (χ3n) is 2.49. The number of carbonyl (C=O) groups is 1. The maximum absolute atomic E-state index is 11.5. The first-order valence-corrected chi connectivity index (χ1v) is 6.26. The predicted molar refractivity (Wildman–Crippen MR) is 69.6 cm³/mol. The van der Waals surface area contributed by atoms with E-state index < -0.39 is 11.7 Å². The largest absolute Gasteiger partial charge is 0.457 e. The van der Waals surface area contributed by atoms with Gasteiger partial charge in [0.2, 0.25) is 0 Å². The van der Waals surface area contributed by atoms with Crippen LogP contribution >= 0.6 is 0 Å². The van der Waals surface area contributed by atoms with Crippen LogP contribution in [0, 0.1) is 11.8 Å². The summed E-state index contributed by atoms with van der Waals surface area (Å²) >= 11 is 0. The molecule has 0 aliphatic heterocycles.